The van der Waals surface area contributed by atoms with E-state index in [4.69, 9.17) is 9.47 Å². The summed E-state index contributed by atoms with van der Waals surface area (Å²) in [6, 6.07) is -0.761. The van der Waals surface area contributed by atoms with Crippen molar-refractivity contribution in [3.8, 4) is 0 Å². The highest BCUT2D eigenvalue weighted by atomic mass is 16.5. The van der Waals surface area contributed by atoms with Gasteiger partial charge in [-0.2, -0.15) is 0 Å². The third kappa shape index (κ3) is 1.17. The van der Waals surface area contributed by atoms with Gasteiger partial charge < -0.3 is 9.47 Å². The predicted octanol–water partition coefficient (Wildman–Crippen LogP) is -0.590. The molecule has 0 aromatic heterocycles. The van der Waals surface area contributed by atoms with E-state index < -0.39 is 0 Å². The van der Waals surface area contributed by atoms with E-state index >= 15 is 0 Å². The van der Waals surface area contributed by atoms with E-state index in [-0.39, 0.29) is 17.9 Å². The van der Waals surface area contributed by atoms with E-state index in [0.29, 0.717) is 13.2 Å². The fraction of sp³-hybridized carbons (Fsp3) is 0.571. The van der Waals surface area contributed by atoms with E-state index in [1.54, 1.807) is 0 Å². The Morgan fingerprint density at radius 2 is 1.67 bits per heavy atom. The van der Waals surface area contributed by atoms with Crippen LogP contribution in [0.3, 0.4) is 0 Å². The van der Waals surface area contributed by atoms with Crippen LogP contribution >= 0.6 is 0 Å². The lowest BCUT2D eigenvalue weighted by Gasteiger charge is -2.06. The number of hydrogen-bond acceptors (Lipinski definition) is 5. The van der Waals surface area contributed by atoms with Crippen molar-refractivity contribution in [2.75, 3.05) is 13.2 Å². The molecule has 0 N–H and O–H groups in total. The van der Waals surface area contributed by atoms with E-state index in [9.17, 15) is 4.79 Å². The molecule has 0 amide bonds. The molecule has 5 heteroatoms. The van der Waals surface area contributed by atoms with Gasteiger partial charge in [-0.25, -0.2) is 9.98 Å². The van der Waals surface area contributed by atoms with Crippen molar-refractivity contribution >= 4 is 18.6 Å². The maximum absolute atomic E-state index is 11.5. The van der Waals surface area contributed by atoms with Gasteiger partial charge in [0.15, 0.2) is 18.6 Å². The molecule has 2 unspecified atom stereocenters. The number of carbonyl (C=O) groups is 1. The number of nitrogens with zero attached hydrogens (tertiary/aromatic N) is 2. The highest BCUT2D eigenvalue weighted by Crippen LogP contribution is 2.08. The lowest BCUT2D eigenvalue weighted by molar-refractivity contribution is -0.121. The van der Waals surface area contributed by atoms with Crippen molar-refractivity contribution in [3.63, 3.8) is 0 Å². The van der Waals surface area contributed by atoms with E-state index in [1.807, 2.05) is 0 Å². The zero-order valence-electron chi connectivity index (χ0n) is 6.34. The first-order valence-corrected chi connectivity index (χ1v) is 3.68. The largest absolute Gasteiger partial charge is 0.481 e. The minimum absolute atomic E-state index is 0.0301. The van der Waals surface area contributed by atoms with Crippen LogP contribution in [0.1, 0.15) is 0 Å². The Bertz CT molecular complexity index is 225. The zero-order valence-corrected chi connectivity index (χ0v) is 6.34. The normalized spacial score (nSPS) is 31.7. The van der Waals surface area contributed by atoms with Crippen molar-refractivity contribution in [3.05, 3.63) is 0 Å². The van der Waals surface area contributed by atoms with Gasteiger partial charge in [-0.15, -0.1) is 0 Å². The second-order valence-electron chi connectivity index (χ2n) is 2.61. The molecule has 2 rings (SSSR count). The summed E-state index contributed by atoms with van der Waals surface area (Å²) < 4.78 is 9.67. The van der Waals surface area contributed by atoms with Crippen LogP contribution in [0, 0.1) is 0 Å². The van der Waals surface area contributed by atoms with Gasteiger partial charge >= 0.3 is 0 Å². The molecule has 2 atom stereocenters. The monoisotopic (exact) mass is 168 g/mol. The molecule has 2 heterocycles. The Morgan fingerprint density at radius 1 is 1.17 bits per heavy atom. The van der Waals surface area contributed by atoms with Crippen molar-refractivity contribution in [2.45, 2.75) is 12.1 Å². The second-order valence-corrected chi connectivity index (χ2v) is 2.61. The molecule has 0 aromatic rings. The Hall–Kier alpha value is -1.39. The molecule has 0 aliphatic carbocycles. The fourth-order valence-corrected chi connectivity index (χ4v) is 1.12. The number of ketones is 1. The summed E-state index contributed by atoms with van der Waals surface area (Å²) in [5, 5.41) is 0. The molecule has 0 saturated heterocycles. The van der Waals surface area contributed by atoms with Gasteiger partial charge in [0.1, 0.15) is 25.3 Å². The average Bonchev–Trinajstić information content (AvgIpc) is 2.77. The maximum atomic E-state index is 11.5. The van der Waals surface area contributed by atoms with Crippen LogP contribution in [0.25, 0.3) is 0 Å². The quantitative estimate of drug-likeness (QED) is 0.553. The van der Waals surface area contributed by atoms with Gasteiger partial charge in [-0.1, -0.05) is 0 Å². The van der Waals surface area contributed by atoms with Crippen molar-refractivity contribution in [1.29, 1.82) is 0 Å². The Kier molecular flexibility index (Phi) is 1.77. The first kappa shape index (κ1) is 7.27. The van der Waals surface area contributed by atoms with Crippen LogP contribution in [0.4, 0.5) is 0 Å². The van der Waals surface area contributed by atoms with Crippen LogP contribution in [0.15, 0.2) is 9.98 Å². The molecule has 0 fully saturated rings. The number of ether oxygens (including phenoxy) is 2. The molecular weight excluding hydrogens is 160 g/mol. The van der Waals surface area contributed by atoms with Gasteiger partial charge in [-0.05, 0) is 0 Å². The molecule has 12 heavy (non-hydrogen) atoms. The Balaban J connectivity index is 1.99. The average molecular weight is 168 g/mol. The summed E-state index contributed by atoms with van der Waals surface area (Å²) >= 11 is 0. The van der Waals surface area contributed by atoms with Crippen molar-refractivity contribution < 1.29 is 14.3 Å². The third-order valence-corrected chi connectivity index (χ3v) is 1.80. The summed E-state index contributed by atoms with van der Waals surface area (Å²) in [5.74, 6) is -0.0301. The topological polar surface area (TPSA) is 60.2 Å². The first-order valence-electron chi connectivity index (χ1n) is 3.68. The zero-order chi connectivity index (χ0) is 8.39. The van der Waals surface area contributed by atoms with Crippen molar-refractivity contribution in [2.24, 2.45) is 9.98 Å². The van der Waals surface area contributed by atoms with Gasteiger partial charge in [0.2, 0.25) is 0 Å². The second kappa shape index (κ2) is 2.92. The molecule has 0 aromatic carbocycles. The lowest BCUT2D eigenvalue weighted by Crippen LogP contribution is -2.31. The highest BCUT2D eigenvalue weighted by Gasteiger charge is 2.30. The number of Topliss-reactive ketones (excluding diaryl/α,β-unsaturated/α-hetero) is 1. The van der Waals surface area contributed by atoms with Crippen LogP contribution in [-0.4, -0.2) is 43.9 Å². The summed E-state index contributed by atoms with van der Waals surface area (Å²) in [4.78, 5) is 19.2. The molecular formula is C7H8N2O3. The summed E-state index contributed by atoms with van der Waals surface area (Å²) in [6.45, 7) is 0.676. The first-order chi connectivity index (χ1) is 5.88. The smallest absolute Gasteiger partial charge is 0.188 e. The maximum Gasteiger partial charge on any atom is 0.188 e. The predicted molar refractivity (Wildman–Crippen MR) is 41.5 cm³/mol. The number of aliphatic imine (C=N–C) groups is 2. The van der Waals surface area contributed by atoms with E-state index in [0.717, 1.165) is 0 Å². The van der Waals surface area contributed by atoms with Crippen LogP contribution in [0.5, 0.6) is 0 Å². The Labute approximate surface area is 69.1 Å². The third-order valence-electron chi connectivity index (χ3n) is 1.80. The SMILES string of the molecule is O=C(C1COC=N1)C1COC=N1. The van der Waals surface area contributed by atoms with E-state index in [2.05, 4.69) is 9.98 Å². The Morgan fingerprint density at radius 3 is 2.00 bits per heavy atom. The number of carbonyl (C=O) groups excluding carboxylic acids is 1. The standard InChI is InChI=1S/C7H8N2O3/c10-7(5-1-11-3-8-5)6-2-12-4-9-6/h3-6H,1-2H2. The molecule has 0 radical (unpaired) electrons. The van der Waals surface area contributed by atoms with Gasteiger partial charge in [0.25, 0.3) is 0 Å². The lowest BCUT2D eigenvalue weighted by atomic mass is 10.1. The minimum atomic E-state index is -0.381. The van der Waals surface area contributed by atoms with E-state index in [1.165, 1.54) is 12.8 Å². The molecule has 2 aliphatic heterocycles. The summed E-state index contributed by atoms with van der Waals surface area (Å²) in [5.41, 5.74) is 0. The van der Waals surface area contributed by atoms with Crippen LogP contribution < -0.4 is 0 Å². The van der Waals surface area contributed by atoms with Crippen molar-refractivity contribution in [1.82, 2.24) is 0 Å². The molecule has 0 spiro atoms. The molecule has 0 bridgehead atoms. The molecule has 2 aliphatic rings. The molecule has 0 saturated carbocycles. The number of rotatable bonds is 2. The van der Waals surface area contributed by atoms with Gasteiger partial charge in [-0.3, -0.25) is 4.79 Å². The highest BCUT2D eigenvalue weighted by molar-refractivity contribution is 5.92. The van der Waals surface area contributed by atoms with Gasteiger partial charge in [0, 0.05) is 0 Å². The molecule has 64 valence electrons. The van der Waals surface area contributed by atoms with Gasteiger partial charge in [0.05, 0.1) is 0 Å². The fourth-order valence-electron chi connectivity index (χ4n) is 1.12. The van der Waals surface area contributed by atoms with Crippen LogP contribution in [-0.2, 0) is 14.3 Å². The summed E-state index contributed by atoms with van der Waals surface area (Å²) in [7, 11) is 0. The summed E-state index contributed by atoms with van der Waals surface area (Å²) in [6.07, 6.45) is 2.62. The molecule has 5 nitrogen and oxygen atoms in total. The number of hydrogen-bond donors (Lipinski definition) is 0. The van der Waals surface area contributed by atoms with Crippen LogP contribution in [0.2, 0.25) is 0 Å². The minimum Gasteiger partial charge on any atom is -0.481 e.